The van der Waals surface area contributed by atoms with Crippen LogP contribution in [-0.2, 0) is 9.59 Å². The van der Waals surface area contributed by atoms with E-state index in [0.29, 0.717) is 25.8 Å². The maximum absolute atomic E-state index is 12.0. The standard InChI is InChI=1S/C15H29N3O2/c1-3-18(4-2)14(20)9-7-8-13(19)17-15(12-16)10-5-6-11-15/h3-12,16H2,1-2H3,(H,17,19). The normalized spacial score (nSPS) is 16.9. The van der Waals surface area contributed by atoms with Gasteiger partial charge >= 0.3 is 0 Å². The van der Waals surface area contributed by atoms with Gasteiger partial charge in [0.25, 0.3) is 0 Å². The lowest BCUT2D eigenvalue weighted by Gasteiger charge is -2.28. The summed E-state index contributed by atoms with van der Waals surface area (Å²) in [5.74, 6) is 0.168. The van der Waals surface area contributed by atoms with Crippen molar-refractivity contribution in [2.45, 2.75) is 64.3 Å². The monoisotopic (exact) mass is 283 g/mol. The predicted octanol–water partition coefficient (Wildman–Crippen LogP) is 1.41. The zero-order valence-electron chi connectivity index (χ0n) is 12.9. The van der Waals surface area contributed by atoms with E-state index in [1.165, 1.54) is 0 Å². The number of rotatable bonds is 8. The van der Waals surface area contributed by atoms with Gasteiger partial charge in [-0.1, -0.05) is 12.8 Å². The minimum Gasteiger partial charge on any atom is -0.349 e. The van der Waals surface area contributed by atoms with Gasteiger partial charge in [0, 0.05) is 32.5 Å². The fraction of sp³-hybridized carbons (Fsp3) is 0.867. The number of hydrogen-bond acceptors (Lipinski definition) is 3. The Balaban J connectivity index is 2.28. The number of amides is 2. The van der Waals surface area contributed by atoms with Gasteiger partial charge in [0.05, 0.1) is 5.54 Å². The van der Waals surface area contributed by atoms with Gasteiger partial charge < -0.3 is 16.0 Å². The molecule has 20 heavy (non-hydrogen) atoms. The molecule has 0 atom stereocenters. The molecule has 0 saturated heterocycles. The Bertz CT molecular complexity index is 321. The van der Waals surface area contributed by atoms with Crippen molar-refractivity contribution in [3.8, 4) is 0 Å². The maximum atomic E-state index is 12.0. The van der Waals surface area contributed by atoms with E-state index in [4.69, 9.17) is 5.73 Å². The van der Waals surface area contributed by atoms with Crippen molar-refractivity contribution in [2.75, 3.05) is 19.6 Å². The van der Waals surface area contributed by atoms with E-state index in [9.17, 15) is 9.59 Å². The molecule has 0 aromatic heterocycles. The van der Waals surface area contributed by atoms with Crippen LogP contribution in [0.25, 0.3) is 0 Å². The number of carbonyl (C=O) groups is 2. The number of nitrogens with zero attached hydrogens (tertiary/aromatic N) is 1. The molecule has 1 rings (SSSR count). The van der Waals surface area contributed by atoms with E-state index in [0.717, 1.165) is 38.8 Å². The van der Waals surface area contributed by atoms with Crippen LogP contribution in [0.4, 0.5) is 0 Å². The summed E-state index contributed by atoms with van der Waals surface area (Å²) in [6, 6.07) is 0. The second kappa shape index (κ2) is 8.25. The fourth-order valence-electron chi connectivity index (χ4n) is 2.92. The molecule has 1 aliphatic rings. The minimum atomic E-state index is -0.181. The van der Waals surface area contributed by atoms with Crippen molar-refractivity contribution in [1.82, 2.24) is 10.2 Å². The van der Waals surface area contributed by atoms with Crippen LogP contribution < -0.4 is 11.1 Å². The first kappa shape index (κ1) is 17.0. The maximum Gasteiger partial charge on any atom is 0.222 e. The van der Waals surface area contributed by atoms with Gasteiger partial charge in [-0.2, -0.15) is 0 Å². The highest BCUT2D eigenvalue weighted by molar-refractivity contribution is 5.79. The lowest BCUT2D eigenvalue weighted by molar-refractivity contribution is -0.131. The lowest BCUT2D eigenvalue weighted by Crippen LogP contribution is -2.51. The molecule has 1 aliphatic carbocycles. The summed E-state index contributed by atoms with van der Waals surface area (Å²) in [4.78, 5) is 25.6. The van der Waals surface area contributed by atoms with Crippen LogP contribution in [0.15, 0.2) is 0 Å². The van der Waals surface area contributed by atoms with Crippen LogP contribution in [0, 0.1) is 0 Å². The van der Waals surface area contributed by atoms with Gasteiger partial charge in [0.1, 0.15) is 0 Å². The summed E-state index contributed by atoms with van der Waals surface area (Å²) in [5, 5.41) is 3.08. The Hall–Kier alpha value is -1.10. The third-order valence-corrected chi connectivity index (χ3v) is 4.27. The van der Waals surface area contributed by atoms with Gasteiger partial charge in [0.2, 0.25) is 11.8 Å². The molecule has 3 N–H and O–H groups in total. The fourth-order valence-corrected chi connectivity index (χ4v) is 2.92. The Labute approximate surface area is 122 Å². The van der Waals surface area contributed by atoms with E-state index in [1.54, 1.807) is 4.90 Å². The van der Waals surface area contributed by atoms with Gasteiger partial charge in [-0.3, -0.25) is 9.59 Å². The third kappa shape index (κ3) is 4.78. The van der Waals surface area contributed by atoms with Crippen LogP contribution >= 0.6 is 0 Å². The SMILES string of the molecule is CCN(CC)C(=O)CCCC(=O)NC1(CN)CCCC1. The number of nitrogens with one attached hydrogen (secondary N) is 1. The first-order valence-electron chi connectivity index (χ1n) is 7.85. The molecule has 0 aliphatic heterocycles. The van der Waals surface area contributed by atoms with Crippen molar-refractivity contribution in [3.63, 3.8) is 0 Å². The molecule has 0 aromatic carbocycles. The molecule has 0 unspecified atom stereocenters. The Morgan fingerprint density at radius 1 is 1.15 bits per heavy atom. The van der Waals surface area contributed by atoms with Crippen LogP contribution in [0.5, 0.6) is 0 Å². The highest BCUT2D eigenvalue weighted by Crippen LogP contribution is 2.28. The highest BCUT2D eigenvalue weighted by Gasteiger charge is 2.33. The van der Waals surface area contributed by atoms with Gasteiger partial charge in [-0.05, 0) is 33.1 Å². The quantitative estimate of drug-likeness (QED) is 0.707. The molecule has 0 spiro atoms. The number of carbonyl (C=O) groups excluding carboxylic acids is 2. The second-order valence-corrected chi connectivity index (χ2v) is 5.66. The Morgan fingerprint density at radius 2 is 1.75 bits per heavy atom. The summed E-state index contributed by atoms with van der Waals surface area (Å²) >= 11 is 0. The van der Waals surface area contributed by atoms with Crippen molar-refractivity contribution in [1.29, 1.82) is 0 Å². The van der Waals surface area contributed by atoms with Crippen molar-refractivity contribution in [3.05, 3.63) is 0 Å². The largest absolute Gasteiger partial charge is 0.349 e. The topological polar surface area (TPSA) is 75.4 Å². The van der Waals surface area contributed by atoms with Gasteiger partial charge in [-0.15, -0.1) is 0 Å². The molecule has 1 saturated carbocycles. The summed E-state index contributed by atoms with van der Waals surface area (Å²) in [6.07, 6.45) is 5.71. The molecule has 1 fully saturated rings. The van der Waals surface area contributed by atoms with Crippen molar-refractivity contribution >= 4 is 11.8 Å². The number of hydrogen-bond donors (Lipinski definition) is 2. The first-order valence-corrected chi connectivity index (χ1v) is 7.85. The van der Waals surface area contributed by atoms with Crippen LogP contribution in [0.2, 0.25) is 0 Å². The zero-order valence-corrected chi connectivity index (χ0v) is 12.9. The summed E-state index contributed by atoms with van der Waals surface area (Å²) in [6.45, 7) is 5.92. The minimum absolute atomic E-state index is 0.0321. The van der Waals surface area contributed by atoms with Crippen LogP contribution in [0.1, 0.15) is 58.8 Å². The Kier molecular flexibility index (Phi) is 6.99. The van der Waals surface area contributed by atoms with Crippen molar-refractivity contribution in [2.24, 2.45) is 5.73 Å². The van der Waals surface area contributed by atoms with E-state index < -0.39 is 0 Å². The lowest BCUT2D eigenvalue weighted by atomic mass is 9.97. The van der Waals surface area contributed by atoms with Gasteiger partial charge in [-0.25, -0.2) is 0 Å². The molecule has 0 heterocycles. The van der Waals surface area contributed by atoms with E-state index >= 15 is 0 Å². The predicted molar refractivity (Wildman–Crippen MR) is 80.2 cm³/mol. The molecule has 0 aromatic rings. The van der Waals surface area contributed by atoms with Crippen LogP contribution in [-0.4, -0.2) is 41.9 Å². The summed E-state index contributed by atoms with van der Waals surface area (Å²) < 4.78 is 0. The molecular formula is C15H29N3O2. The second-order valence-electron chi connectivity index (χ2n) is 5.66. The first-order chi connectivity index (χ1) is 9.56. The highest BCUT2D eigenvalue weighted by atomic mass is 16.2. The molecule has 5 heteroatoms. The zero-order chi connectivity index (χ0) is 15.0. The average molecular weight is 283 g/mol. The number of nitrogens with two attached hydrogens (primary N) is 1. The van der Waals surface area contributed by atoms with Crippen molar-refractivity contribution < 1.29 is 9.59 Å². The smallest absolute Gasteiger partial charge is 0.222 e. The average Bonchev–Trinajstić information content (AvgIpc) is 2.89. The molecule has 0 radical (unpaired) electrons. The molecule has 5 nitrogen and oxygen atoms in total. The third-order valence-electron chi connectivity index (χ3n) is 4.27. The van der Waals surface area contributed by atoms with E-state index in [-0.39, 0.29) is 17.4 Å². The van der Waals surface area contributed by atoms with E-state index in [2.05, 4.69) is 5.32 Å². The molecule has 116 valence electrons. The Morgan fingerprint density at radius 3 is 2.25 bits per heavy atom. The summed E-state index contributed by atoms with van der Waals surface area (Å²) in [5.41, 5.74) is 5.61. The van der Waals surface area contributed by atoms with Gasteiger partial charge in [0.15, 0.2) is 0 Å². The molecule has 2 amide bonds. The summed E-state index contributed by atoms with van der Waals surface area (Å²) in [7, 11) is 0. The molecule has 0 bridgehead atoms. The molecular weight excluding hydrogens is 254 g/mol. The van der Waals surface area contributed by atoms with E-state index in [1.807, 2.05) is 13.8 Å². The van der Waals surface area contributed by atoms with Crippen LogP contribution in [0.3, 0.4) is 0 Å².